The summed E-state index contributed by atoms with van der Waals surface area (Å²) in [6.45, 7) is 7.22. The zero-order valence-electron chi connectivity index (χ0n) is 10.6. The van der Waals surface area contributed by atoms with Crippen molar-refractivity contribution in [1.29, 1.82) is 5.26 Å². The summed E-state index contributed by atoms with van der Waals surface area (Å²) in [7, 11) is 0. The highest BCUT2D eigenvalue weighted by molar-refractivity contribution is 5.49. The lowest BCUT2D eigenvalue weighted by molar-refractivity contribution is 0.316. The first-order valence-corrected chi connectivity index (χ1v) is 5.98. The Labute approximate surface area is 106 Å². The van der Waals surface area contributed by atoms with E-state index in [0.717, 1.165) is 19.6 Å². The van der Waals surface area contributed by atoms with E-state index in [1.54, 1.807) is 6.07 Å². The maximum absolute atomic E-state index is 13.5. The lowest BCUT2D eigenvalue weighted by atomic mass is 10.2. The molecule has 0 radical (unpaired) electrons. The minimum absolute atomic E-state index is 0.0960. The fourth-order valence-corrected chi connectivity index (χ4v) is 1.66. The van der Waals surface area contributed by atoms with Gasteiger partial charge < -0.3 is 10.2 Å². The summed E-state index contributed by atoms with van der Waals surface area (Å²) in [5, 5.41) is 11.4. The number of hydrogen-bond donors (Lipinski definition) is 1. The van der Waals surface area contributed by atoms with Crippen LogP contribution in [-0.4, -0.2) is 31.1 Å². The first-order chi connectivity index (χ1) is 8.63. The molecule has 0 aliphatic rings. The predicted octanol–water partition coefficient (Wildman–Crippen LogP) is 2.59. The van der Waals surface area contributed by atoms with Crippen molar-refractivity contribution in [3.05, 3.63) is 29.3 Å². The number of anilines is 1. The highest BCUT2D eigenvalue weighted by Crippen LogP contribution is 2.19. The Hall–Kier alpha value is -1.67. The van der Waals surface area contributed by atoms with Crippen molar-refractivity contribution < 1.29 is 8.78 Å². The summed E-state index contributed by atoms with van der Waals surface area (Å²) >= 11 is 0. The SMILES string of the molecule is CCN(CC)CCNc1ccc(C#N)c(F)c1F. The first-order valence-electron chi connectivity index (χ1n) is 5.98. The average molecular weight is 253 g/mol. The van der Waals surface area contributed by atoms with Gasteiger partial charge in [-0.05, 0) is 25.2 Å². The topological polar surface area (TPSA) is 39.1 Å². The molecule has 0 aliphatic carbocycles. The average Bonchev–Trinajstić information content (AvgIpc) is 2.39. The maximum Gasteiger partial charge on any atom is 0.183 e. The minimum atomic E-state index is -1.09. The van der Waals surface area contributed by atoms with Crippen molar-refractivity contribution in [2.24, 2.45) is 0 Å². The normalized spacial score (nSPS) is 10.4. The van der Waals surface area contributed by atoms with Gasteiger partial charge in [0.1, 0.15) is 6.07 Å². The van der Waals surface area contributed by atoms with Gasteiger partial charge in [0, 0.05) is 13.1 Å². The number of likely N-dealkylation sites (N-methyl/N-ethyl adjacent to an activating group) is 1. The van der Waals surface area contributed by atoms with Crippen molar-refractivity contribution in [3.63, 3.8) is 0 Å². The molecule has 98 valence electrons. The molecule has 1 rings (SSSR count). The van der Waals surface area contributed by atoms with E-state index in [-0.39, 0.29) is 11.3 Å². The Morgan fingerprint density at radius 1 is 1.22 bits per heavy atom. The van der Waals surface area contributed by atoms with E-state index in [1.807, 2.05) is 13.8 Å². The smallest absolute Gasteiger partial charge is 0.183 e. The Morgan fingerprint density at radius 3 is 2.44 bits per heavy atom. The summed E-state index contributed by atoms with van der Waals surface area (Å²) < 4.78 is 26.9. The molecule has 18 heavy (non-hydrogen) atoms. The Bertz CT molecular complexity index is 437. The third-order valence-corrected chi connectivity index (χ3v) is 2.84. The van der Waals surface area contributed by atoms with Crippen LogP contribution in [0.5, 0.6) is 0 Å². The number of nitriles is 1. The molecule has 1 N–H and O–H groups in total. The second kappa shape index (κ2) is 6.92. The lowest BCUT2D eigenvalue weighted by Crippen LogP contribution is -2.28. The molecule has 0 unspecified atom stereocenters. The van der Waals surface area contributed by atoms with Gasteiger partial charge in [0.15, 0.2) is 11.6 Å². The molecule has 0 saturated carbocycles. The van der Waals surface area contributed by atoms with Crippen molar-refractivity contribution >= 4 is 5.69 Å². The number of nitrogens with one attached hydrogen (secondary N) is 1. The number of hydrogen-bond acceptors (Lipinski definition) is 3. The Kier molecular flexibility index (Phi) is 5.53. The van der Waals surface area contributed by atoms with Crippen LogP contribution in [0.1, 0.15) is 19.4 Å². The zero-order chi connectivity index (χ0) is 13.5. The molecule has 1 aromatic rings. The van der Waals surface area contributed by atoms with Crippen LogP contribution in [0.3, 0.4) is 0 Å². The Morgan fingerprint density at radius 2 is 1.89 bits per heavy atom. The molecule has 0 saturated heterocycles. The van der Waals surface area contributed by atoms with Crippen molar-refractivity contribution in [3.8, 4) is 6.07 Å². The summed E-state index contributed by atoms with van der Waals surface area (Å²) in [4.78, 5) is 2.17. The summed E-state index contributed by atoms with van der Waals surface area (Å²) in [6, 6.07) is 4.27. The lowest BCUT2D eigenvalue weighted by Gasteiger charge is -2.18. The monoisotopic (exact) mass is 253 g/mol. The fraction of sp³-hybridized carbons (Fsp3) is 0.462. The van der Waals surface area contributed by atoms with E-state index in [0.29, 0.717) is 6.54 Å². The molecule has 3 nitrogen and oxygen atoms in total. The van der Waals surface area contributed by atoms with Crippen LogP contribution in [-0.2, 0) is 0 Å². The quantitative estimate of drug-likeness (QED) is 0.847. The number of benzene rings is 1. The van der Waals surface area contributed by atoms with E-state index in [2.05, 4.69) is 10.2 Å². The third-order valence-electron chi connectivity index (χ3n) is 2.84. The molecule has 0 aromatic heterocycles. The minimum Gasteiger partial charge on any atom is -0.381 e. The third kappa shape index (κ3) is 3.41. The summed E-state index contributed by atoms with van der Waals surface area (Å²) in [6.07, 6.45) is 0. The van der Waals surface area contributed by atoms with Gasteiger partial charge in [-0.25, -0.2) is 8.78 Å². The molecular formula is C13H17F2N3. The highest BCUT2D eigenvalue weighted by atomic mass is 19.2. The van der Waals surface area contributed by atoms with E-state index in [4.69, 9.17) is 5.26 Å². The largest absolute Gasteiger partial charge is 0.381 e. The van der Waals surface area contributed by atoms with E-state index >= 15 is 0 Å². The van der Waals surface area contributed by atoms with Crippen LogP contribution in [0.2, 0.25) is 0 Å². The van der Waals surface area contributed by atoms with E-state index in [9.17, 15) is 8.78 Å². The van der Waals surface area contributed by atoms with Gasteiger partial charge in [-0.15, -0.1) is 0 Å². The van der Waals surface area contributed by atoms with Crippen LogP contribution in [0, 0.1) is 23.0 Å². The second-order valence-electron chi connectivity index (χ2n) is 3.85. The molecule has 0 fully saturated rings. The van der Waals surface area contributed by atoms with E-state index < -0.39 is 11.6 Å². The van der Waals surface area contributed by atoms with Gasteiger partial charge >= 0.3 is 0 Å². The summed E-state index contributed by atoms with van der Waals surface area (Å²) in [5.41, 5.74) is -0.180. The van der Waals surface area contributed by atoms with Gasteiger partial charge in [0.2, 0.25) is 0 Å². The highest BCUT2D eigenvalue weighted by Gasteiger charge is 2.12. The molecule has 0 atom stereocenters. The molecule has 0 aliphatic heterocycles. The maximum atomic E-state index is 13.5. The van der Waals surface area contributed by atoms with Crippen LogP contribution >= 0.6 is 0 Å². The summed E-state index contributed by atoms with van der Waals surface area (Å²) in [5.74, 6) is -2.08. The van der Waals surface area contributed by atoms with Gasteiger partial charge in [-0.2, -0.15) is 5.26 Å². The number of rotatable bonds is 6. The predicted molar refractivity (Wildman–Crippen MR) is 67.4 cm³/mol. The molecule has 0 amide bonds. The van der Waals surface area contributed by atoms with Crippen molar-refractivity contribution in [2.75, 3.05) is 31.5 Å². The molecule has 1 aromatic carbocycles. The Balaban J connectivity index is 2.64. The van der Waals surface area contributed by atoms with Gasteiger partial charge in [-0.3, -0.25) is 0 Å². The first kappa shape index (κ1) is 14.4. The van der Waals surface area contributed by atoms with Crippen LogP contribution < -0.4 is 5.32 Å². The fourth-order valence-electron chi connectivity index (χ4n) is 1.66. The molecule has 0 heterocycles. The van der Waals surface area contributed by atoms with Crippen LogP contribution in [0.15, 0.2) is 12.1 Å². The standard InChI is InChI=1S/C13H17F2N3/c1-3-18(4-2)8-7-17-11-6-5-10(9-16)12(14)13(11)15/h5-6,17H,3-4,7-8H2,1-2H3. The molecule has 0 spiro atoms. The second-order valence-corrected chi connectivity index (χ2v) is 3.85. The number of halogens is 2. The molecule has 0 bridgehead atoms. The van der Waals surface area contributed by atoms with Gasteiger partial charge in [0.05, 0.1) is 11.3 Å². The van der Waals surface area contributed by atoms with Gasteiger partial charge in [0.25, 0.3) is 0 Å². The zero-order valence-corrected chi connectivity index (χ0v) is 10.6. The van der Waals surface area contributed by atoms with Gasteiger partial charge in [-0.1, -0.05) is 13.8 Å². The molecular weight excluding hydrogens is 236 g/mol. The van der Waals surface area contributed by atoms with Crippen LogP contribution in [0.4, 0.5) is 14.5 Å². The van der Waals surface area contributed by atoms with E-state index in [1.165, 1.54) is 12.1 Å². The molecule has 5 heteroatoms. The number of nitrogens with zero attached hydrogens (tertiary/aromatic N) is 2. The van der Waals surface area contributed by atoms with Crippen molar-refractivity contribution in [2.45, 2.75) is 13.8 Å². The van der Waals surface area contributed by atoms with Crippen LogP contribution in [0.25, 0.3) is 0 Å². The van der Waals surface area contributed by atoms with Crippen molar-refractivity contribution in [1.82, 2.24) is 4.90 Å².